The number of aryl methyl sites for hydroxylation is 2. The van der Waals surface area contributed by atoms with Crippen molar-refractivity contribution >= 4 is 39.2 Å². The average Bonchev–Trinajstić information content (AvgIpc) is 2.35. The molecule has 19 heavy (non-hydrogen) atoms. The van der Waals surface area contributed by atoms with Crippen LogP contribution in [-0.2, 0) is 0 Å². The number of nitrogens with zero attached hydrogens (tertiary/aromatic N) is 2. The highest BCUT2D eigenvalue weighted by atomic mass is 79.9. The molecule has 2 rings (SSSR count). The Balaban J connectivity index is 2.33. The van der Waals surface area contributed by atoms with Crippen LogP contribution < -0.4 is 16.4 Å². The number of nitrogen functional groups attached to an aromatic ring is 1. The molecule has 0 saturated carbocycles. The monoisotopic (exact) mass is 321 g/mol. The summed E-state index contributed by atoms with van der Waals surface area (Å²) in [6, 6.07) is 5.91. The highest BCUT2D eigenvalue weighted by Gasteiger charge is 2.05. The number of anilines is 4. The first-order valence-electron chi connectivity index (χ1n) is 5.85. The smallest absolute Gasteiger partial charge is 0.223 e. The number of halogens is 1. The third-order valence-corrected chi connectivity index (χ3v) is 3.96. The van der Waals surface area contributed by atoms with Crippen molar-refractivity contribution in [3.8, 4) is 0 Å². The lowest BCUT2D eigenvalue weighted by Crippen LogP contribution is -2.03. The van der Waals surface area contributed by atoms with Crippen LogP contribution in [0.25, 0.3) is 0 Å². The fraction of sp³-hybridized carbons (Fsp3) is 0.231. The van der Waals surface area contributed by atoms with Gasteiger partial charge < -0.3 is 16.4 Å². The van der Waals surface area contributed by atoms with E-state index in [9.17, 15) is 0 Å². The third-order valence-electron chi connectivity index (χ3n) is 2.71. The molecule has 0 aliphatic rings. The molecule has 2 aromatic rings. The van der Waals surface area contributed by atoms with Gasteiger partial charge in [-0.2, -0.15) is 9.97 Å². The number of benzene rings is 1. The summed E-state index contributed by atoms with van der Waals surface area (Å²) < 4.78 is 1.12. The van der Waals surface area contributed by atoms with Crippen LogP contribution in [0.4, 0.5) is 23.3 Å². The Bertz CT molecular complexity index is 589. The number of aromatic nitrogens is 2. The predicted octanol–water partition coefficient (Wildman–Crippen LogP) is 3.22. The van der Waals surface area contributed by atoms with E-state index in [0.29, 0.717) is 11.6 Å². The summed E-state index contributed by atoms with van der Waals surface area (Å²) in [6.45, 7) is 4.10. The van der Waals surface area contributed by atoms with Gasteiger partial charge in [-0.15, -0.1) is 0 Å². The van der Waals surface area contributed by atoms with Crippen LogP contribution in [0.1, 0.15) is 11.1 Å². The maximum absolute atomic E-state index is 5.66. The Hall–Kier alpha value is -1.82. The van der Waals surface area contributed by atoms with Crippen molar-refractivity contribution in [3.63, 3.8) is 0 Å². The van der Waals surface area contributed by atoms with Gasteiger partial charge in [-0.25, -0.2) is 0 Å². The van der Waals surface area contributed by atoms with E-state index in [1.807, 2.05) is 6.07 Å². The van der Waals surface area contributed by atoms with Gasteiger partial charge in [-0.1, -0.05) is 15.9 Å². The molecule has 0 radical (unpaired) electrons. The van der Waals surface area contributed by atoms with Crippen LogP contribution in [-0.4, -0.2) is 17.0 Å². The van der Waals surface area contributed by atoms with Gasteiger partial charge in [0.15, 0.2) is 0 Å². The summed E-state index contributed by atoms with van der Waals surface area (Å²) in [7, 11) is 1.79. The lowest BCUT2D eigenvalue weighted by atomic mass is 10.1. The maximum atomic E-state index is 5.66. The van der Waals surface area contributed by atoms with Gasteiger partial charge in [0.05, 0.1) is 0 Å². The molecular formula is C13H16BrN5. The minimum absolute atomic E-state index is 0.236. The van der Waals surface area contributed by atoms with Crippen molar-refractivity contribution in [1.82, 2.24) is 9.97 Å². The largest absolute Gasteiger partial charge is 0.373 e. The van der Waals surface area contributed by atoms with E-state index in [1.165, 1.54) is 11.1 Å². The standard InChI is InChI=1S/C13H16BrN5/c1-7-4-9(5-8(2)12(7)14)17-11-6-10(16-3)18-13(15)19-11/h4-6H,1-3H3,(H4,15,16,17,18,19). The van der Waals surface area contributed by atoms with E-state index in [4.69, 9.17) is 5.73 Å². The first-order chi connectivity index (χ1) is 8.99. The van der Waals surface area contributed by atoms with E-state index in [-0.39, 0.29) is 5.95 Å². The van der Waals surface area contributed by atoms with Crippen LogP contribution in [0.3, 0.4) is 0 Å². The Morgan fingerprint density at radius 3 is 2.21 bits per heavy atom. The lowest BCUT2D eigenvalue weighted by molar-refractivity contribution is 1.17. The summed E-state index contributed by atoms with van der Waals surface area (Å²) in [5, 5.41) is 6.18. The zero-order chi connectivity index (χ0) is 14.0. The van der Waals surface area contributed by atoms with Crippen molar-refractivity contribution < 1.29 is 0 Å². The minimum Gasteiger partial charge on any atom is -0.373 e. The topological polar surface area (TPSA) is 75.9 Å². The van der Waals surface area contributed by atoms with E-state index in [2.05, 4.69) is 62.5 Å². The van der Waals surface area contributed by atoms with E-state index < -0.39 is 0 Å². The molecular weight excluding hydrogens is 306 g/mol. The second-order valence-electron chi connectivity index (χ2n) is 4.30. The summed E-state index contributed by atoms with van der Waals surface area (Å²) in [5.74, 6) is 1.58. The van der Waals surface area contributed by atoms with Gasteiger partial charge in [0.25, 0.3) is 0 Å². The molecule has 0 aliphatic carbocycles. The van der Waals surface area contributed by atoms with Gasteiger partial charge >= 0.3 is 0 Å². The van der Waals surface area contributed by atoms with E-state index in [1.54, 1.807) is 7.05 Å². The Morgan fingerprint density at radius 2 is 1.63 bits per heavy atom. The zero-order valence-corrected chi connectivity index (χ0v) is 12.7. The molecule has 0 amide bonds. The average molecular weight is 322 g/mol. The predicted molar refractivity (Wildman–Crippen MR) is 82.9 cm³/mol. The van der Waals surface area contributed by atoms with Crippen molar-refractivity contribution in [2.75, 3.05) is 23.4 Å². The second-order valence-corrected chi connectivity index (χ2v) is 5.09. The fourth-order valence-electron chi connectivity index (χ4n) is 1.82. The molecule has 0 saturated heterocycles. The molecule has 6 heteroatoms. The van der Waals surface area contributed by atoms with Gasteiger partial charge in [-0.3, -0.25) is 0 Å². The van der Waals surface area contributed by atoms with Gasteiger partial charge in [0, 0.05) is 23.3 Å². The minimum atomic E-state index is 0.236. The molecule has 0 spiro atoms. The van der Waals surface area contributed by atoms with Gasteiger partial charge in [-0.05, 0) is 37.1 Å². The Kier molecular flexibility index (Phi) is 3.90. The number of nitrogens with one attached hydrogen (secondary N) is 2. The summed E-state index contributed by atoms with van der Waals surface area (Å²) in [4.78, 5) is 8.21. The second kappa shape index (κ2) is 5.44. The molecule has 100 valence electrons. The Morgan fingerprint density at radius 1 is 1.05 bits per heavy atom. The highest BCUT2D eigenvalue weighted by Crippen LogP contribution is 2.27. The van der Waals surface area contributed by atoms with Crippen molar-refractivity contribution in [2.24, 2.45) is 0 Å². The molecule has 0 aliphatic heterocycles. The summed E-state index contributed by atoms with van der Waals surface area (Å²) in [5.41, 5.74) is 8.96. The van der Waals surface area contributed by atoms with Gasteiger partial charge in [0.2, 0.25) is 5.95 Å². The molecule has 1 heterocycles. The summed E-state index contributed by atoms with van der Waals surface area (Å²) in [6.07, 6.45) is 0. The number of hydrogen-bond donors (Lipinski definition) is 3. The first kappa shape index (κ1) is 13.6. The van der Waals surface area contributed by atoms with E-state index in [0.717, 1.165) is 10.2 Å². The number of rotatable bonds is 3. The molecule has 0 fully saturated rings. The third kappa shape index (κ3) is 3.14. The number of hydrogen-bond acceptors (Lipinski definition) is 5. The van der Waals surface area contributed by atoms with Gasteiger partial charge in [0.1, 0.15) is 11.6 Å². The number of nitrogens with two attached hydrogens (primary N) is 1. The molecule has 0 unspecified atom stereocenters. The van der Waals surface area contributed by atoms with E-state index >= 15 is 0 Å². The maximum Gasteiger partial charge on any atom is 0.223 e. The fourth-order valence-corrected chi connectivity index (χ4v) is 2.05. The highest BCUT2D eigenvalue weighted by molar-refractivity contribution is 9.10. The van der Waals surface area contributed by atoms with Crippen molar-refractivity contribution in [3.05, 3.63) is 33.8 Å². The molecule has 0 bridgehead atoms. The van der Waals surface area contributed by atoms with Crippen LogP contribution in [0, 0.1) is 13.8 Å². The zero-order valence-electron chi connectivity index (χ0n) is 11.1. The molecule has 0 atom stereocenters. The molecule has 4 N–H and O–H groups in total. The van der Waals surface area contributed by atoms with Crippen LogP contribution >= 0.6 is 15.9 Å². The normalized spacial score (nSPS) is 10.3. The Labute approximate surface area is 120 Å². The van der Waals surface area contributed by atoms with Crippen molar-refractivity contribution in [1.29, 1.82) is 0 Å². The quantitative estimate of drug-likeness (QED) is 0.809. The molecule has 1 aromatic carbocycles. The molecule has 5 nitrogen and oxygen atoms in total. The molecule has 1 aromatic heterocycles. The van der Waals surface area contributed by atoms with Crippen LogP contribution in [0.5, 0.6) is 0 Å². The van der Waals surface area contributed by atoms with Crippen LogP contribution in [0.15, 0.2) is 22.7 Å². The summed E-state index contributed by atoms with van der Waals surface area (Å²) >= 11 is 3.55. The lowest BCUT2D eigenvalue weighted by Gasteiger charge is -2.11. The van der Waals surface area contributed by atoms with Crippen LogP contribution in [0.2, 0.25) is 0 Å². The first-order valence-corrected chi connectivity index (χ1v) is 6.65. The van der Waals surface area contributed by atoms with Crippen molar-refractivity contribution in [2.45, 2.75) is 13.8 Å². The SMILES string of the molecule is CNc1cc(Nc2cc(C)c(Br)c(C)c2)nc(N)n1.